The van der Waals surface area contributed by atoms with E-state index in [1.165, 1.54) is 23.1 Å². The van der Waals surface area contributed by atoms with Crippen LogP contribution in [0.3, 0.4) is 0 Å². The molecule has 0 unspecified atom stereocenters. The molecule has 0 amide bonds. The van der Waals surface area contributed by atoms with Crippen LogP contribution in [0.15, 0.2) is 19.9 Å². The largest absolute Gasteiger partial charge is 1.00 e. The van der Waals surface area contributed by atoms with Crippen molar-refractivity contribution in [3.05, 3.63) is 27.6 Å². The monoisotopic (exact) mass is 468 g/mol. The molecule has 12 heteroatoms. The lowest BCUT2D eigenvalue weighted by Crippen LogP contribution is -3.00. The van der Waals surface area contributed by atoms with Crippen molar-refractivity contribution in [2.24, 2.45) is 4.99 Å². The number of aliphatic imine (C=N–C) groups is 1. The average molecular weight is 469 g/mol. The van der Waals surface area contributed by atoms with Gasteiger partial charge in [-0.25, -0.2) is 10.4 Å². The van der Waals surface area contributed by atoms with Crippen molar-refractivity contribution in [2.45, 2.75) is 29.9 Å². The summed E-state index contributed by atoms with van der Waals surface area (Å²) in [7, 11) is 0. The molecule has 30 heavy (non-hydrogen) atoms. The molecule has 160 valence electrons. The highest BCUT2D eigenvalue weighted by atomic mass is 35.5. The molecule has 0 aromatic carbocycles. The minimum Gasteiger partial charge on any atom is -1.00 e. The third-order valence-corrected chi connectivity index (χ3v) is 7.22. The number of ether oxygens (including phenoxy) is 1. The Hall–Kier alpha value is -2.13. The highest BCUT2D eigenvalue weighted by Gasteiger charge is 2.23. The molecule has 0 radical (unpaired) electrons. The summed E-state index contributed by atoms with van der Waals surface area (Å²) in [6.07, 6.45) is 5.51. The molecule has 2 aromatic heterocycles. The number of hydrogen-bond donors (Lipinski definition) is 1. The quantitative estimate of drug-likeness (QED) is 0.203. The Morgan fingerprint density at radius 2 is 2.10 bits per heavy atom. The van der Waals surface area contributed by atoms with Crippen molar-refractivity contribution in [1.29, 1.82) is 5.26 Å². The van der Waals surface area contributed by atoms with E-state index in [9.17, 15) is 10.4 Å². The molecule has 2 N–H and O–H groups in total. The molecule has 1 saturated heterocycles. The maximum atomic E-state index is 12.4. The fourth-order valence-corrected chi connectivity index (χ4v) is 5.68. The van der Waals surface area contributed by atoms with E-state index in [0.29, 0.717) is 36.5 Å². The van der Waals surface area contributed by atoms with Gasteiger partial charge in [-0.05, 0) is 42.7 Å². The summed E-state index contributed by atoms with van der Waals surface area (Å²) in [6, 6.07) is 2.23. The molecular weight excluding hydrogens is 448 g/mol. The number of morpholine rings is 1. The summed E-state index contributed by atoms with van der Waals surface area (Å²) in [4.78, 5) is 5.57. The van der Waals surface area contributed by atoms with Gasteiger partial charge in [-0.15, -0.1) is 16.8 Å². The van der Waals surface area contributed by atoms with Crippen molar-refractivity contribution in [3.8, 4) is 6.07 Å². The summed E-state index contributed by atoms with van der Waals surface area (Å²) in [5, 5.41) is 33.7. The van der Waals surface area contributed by atoms with Crippen LogP contribution in [0.2, 0.25) is 0 Å². The first-order valence-electron chi connectivity index (χ1n) is 9.42. The molecule has 0 spiro atoms. The molecule has 1 aliphatic carbocycles. The van der Waals surface area contributed by atoms with Gasteiger partial charge in [-0.1, -0.05) is 11.3 Å². The number of nitrogens with zero attached hydrogens (tertiary/aromatic N) is 5. The number of fused-ring (bicyclic) bond motifs is 1. The zero-order chi connectivity index (χ0) is 20.2. The lowest BCUT2D eigenvalue weighted by Gasteiger charge is -2.19. The van der Waals surface area contributed by atoms with Crippen LogP contribution in [-0.2, 0) is 17.6 Å². The van der Waals surface area contributed by atoms with Gasteiger partial charge in [0.15, 0.2) is 0 Å². The predicted molar refractivity (Wildman–Crippen MR) is 104 cm³/mol. The van der Waals surface area contributed by atoms with Gasteiger partial charge in [0.2, 0.25) is 5.27 Å². The van der Waals surface area contributed by atoms with Gasteiger partial charge in [-0.2, -0.15) is 5.26 Å². The SMILES string of the molecule is N#Cc1c2c(c(SC/C([O-])=N/c3c[n+](N4CCOCC4)no3)sc1=[NH2+])CCCC2.[Cl-]. The Kier molecular flexibility index (Phi) is 7.71. The van der Waals surface area contributed by atoms with E-state index in [-0.39, 0.29) is 29.9 Å². The van der Waals surface area contributed by atoms with Crippen LogP contribution in [-0.4, -0.2) is 43.2 Å². The van der Waals surface area contributed by atoms with Crippen LogP contribution >= 0.6 is 23.1 Å². The molecule has 0 atom stereocenters. The first-order chi connectivity index (χ1) is 14.2. The molecule has 0 saturated carbocycles. The van der Waals surface area contributed by atoms with E-state index in [0.717, 1.165) is 41.0 Å². The van der Waals surface area contributed by atoms with Gasteiger partial charge < -0.3 is 22.3 Å². The zero-order valence-electron chi connectivity index (χ0n) is 16.2. The standard InChI is InChI=1S/C18H20N6O3S2.ClH/c19-9-14-12-3-1-2-4-13(12)18(29-17(14)20)28-11-15(25)21-16-10-24(22-27-16)23-5-7-26-8-6-23;/h10,20H,1-8,11H2;1H. The van der Waals surface area contributed by atoms with E-state index in [1.54, 1.807) is 11.0 Å². The topological polar surface area (TPSA) is 127 Å². The van der Waals surface area contributed by atoms with Crippen LogP contribution in [0.4, 0.5) is 5.88 Å². The molecule has 0 bridgehead atoms. The van der Waals surface area contributed by atoms with Crippen LogP contribution < -0.4 is 37.4 Å². The van der Waals surface area contributed by atoms with Gasteiger partial charge in [0.1, 0.15) is 11.6 Å². The number of halogens is 1. The third-order valence-electron chi connectivity index (χ3n) is 4.86. The van der Waals surface area contributed by atoms with E-state index >= 15 is 0 Å². The van der Waals surface area contributed by atoms with Crippen molar-refractivity contribution in [2.75, 3.05) is 37.1 Å². The molecule has 2 aromatic rings. The first kappa shape index (κ1) is 22.6. The summed E-state index contributed by atoms with van der Waals surface area (Å²) < 4.78 is 12.0. The number of rotatable bonds is 5. The highest BCUT2D eigenvalue weighted by Crippen LogP contribution is 2.33. The van der Waals surface area contributed by atoms with Gasteiger partial charge >= 0.3 is 5.88 Å². The zero-order valence-corrected chi connectivity index (χ0v) is 18.6. The maximum Gasteiger partial charge on any atom is 0.324 e. The number of hydrogen-bond acceptors (Lipinski definition) is 9. The summed E-state index contributed by atoms with van der Waals surface area (Å²) in [6.45, 7) is 2.66. The predicted octanol–water partition coefficient (Wildman–Crippen LogP) is -4.41. The number of nitrogens with two attached hydrogens (primary N) is 1. The Morgan fingerprint density at radius 1 is 1.37 bits per heavy atom. The van der Waals surface area contributed by atoms with Crippen LogP contribution in [0.25, 0.3) is 0 Å². The van der Waals surface area contributed by atoms with Crippen LogP contribution in [0.1, 0.15) is 29.5 Å². The van der Waals surface area contributed by atoms with E-state index < -0.39 is 0 Å². The Morgan fingerprint density at radius 3 is 2.83 bits per heavy atom. The first-order valence-corrected chi connectivity index (χ1v) is 11.2. The van der Waals surface area contributed by atoms with E-state index in [1.807, 2.05) is 5.01 Å². The lowest BCUT2D eigenvalue weighted by atomic mass is 9.91. The molecule has 9 nitrogen and oxygen atoms in total. The second kappa shape index (κ2) is 10.3. The van der Waals surface area contributed by atoms with Gasteiger partial charge in [0.05, 0.1) is 35.3 Å². The maximum absolute atomic E-state index is 12.4. The summed E-state index contributed by atoms with van der Waals surface area (Å²) in [5.74, 6) is 0.0408. The molecule has 1 aliphatic heterocycles. The second-order valence-electron chi connectivity index (χ2n) is 6.73. The van der Waals surface area contributed by atoms with Gasteiger partial charge in [-0.3, -0.25) is 4.52 Å². The van der Waals surface area contributed by atoms with Crippen molar-refractivity contribution in [1.82, 2.24) is 5.27 Å². The molecule has 4 rings (SSSR count). The van der Waals surface area contributed by atoms with E-state index in [4.69, 9.17) is 14.7 Å². The minimum atomic E-state index is -0.306. The molecule has 3 heterocycles. The van der Waals surface area contributed by atoms with Crippen LogP contribution in [0.5, 0.6) is 0 Å². The average Bonchev–Trinajstić information content (AvgIpc) is 3.21. The molecular formula is C18H21ClN6O3S2. The number of nitriles is 1. The lowest BCUT2D eigenvalue weighted by molar-refractivity contribution is -0.759. The fourth-order valence-electron chi connectivity index (χ4n) is 3.46. The molecule has 2 aliphatic rings. The second-order valence-corrected chi connectivity index (χ2v) is 9.02. The third kappa shape index (κ3) is 4.95. The van der Waals surface area contributed by atoms with E-state index in [2.05, 4.69) is 16.3 Å². The van der Waals surface area contributed by atoms with Crippen molar-refractivity contribution in [3.63, 3.8) is 0 Å². The summed E-state index contributed by atoms with van der Waals surface area (Å²) in [5.41, 5.74) is 2.80. The Labute approximate surface area is 187 Å². The van der Waals surface area contributed by atoms with Gasteiger partial charge in [0.25, 0.3) is 10.9 Å². The van der Waals surface area contributed by atoms with Crippen molar-refractivity contribution >= 4 is 34.9 Å². The molecule has 1 fully saturated rings. The highest BCUT2D eigenvalue weighted by molar-refractivity contribution is 8.01. The Bertz CT molecular complexity index is 1030. The normalized spacial score (nSPS) is 16.5. The Balaban J connectivity index is 0.00000256. The van der Waals surface area contributed by atoms with Crippen molar-refractivity contribution < 1.29 is 37.0 Å². The fraction of sp³-hybridized carbons (Fsp3) is 0.500. The smallest absolute Gasteiger partial charge is 0.324 e. The van der Waals surface area contributed by atoms with Crippen LogP contribution in [0, 0.1) is 11.3 Å². The van der Waals surface area contributed by atoms with Gasteiger partial charge in [0, 0.05) is 5.75 Å². The summed E-state index contributed by atoms with van der Waals surface area (Å²) >= 11 is 2.80. The minimum absolute atomic E-state index is 0. The number of aromatic nitrogens is 2. The number of thioether (sulfide) groups is 1.